The van der Waals surface area contributed by atoms with E-state index in [4.69, 9.17) is 0 Å². The molecular weight excluding hydrogens is 298 g/mol. The summed E-state index contributed by atoms with van der Waals surface area (Å²) in [6.07, 6.45) is 7.31. The SMILES string of the molecule is CC1c2ccccc2-c2cc(C3C=CC=CC3(C)[N+](=O)[O-])ccc21. The summed E-state index contributed by atoms with van der Waals surface area (Å²) in [5.74, 6) is 0.111. The number of hydrogen-bond donors (Lipinski definition) is 0. The molecule has 2 aromatic rings. The van der Waals surface area contributed by atoms with E-state index in [-0.39, 0.29) is 10.8 Å². The van der Waals surface area contributed by atoms with E-state index >= 15 is 0 Å². The Balaban J connectivity index is 1.85. The molecule has 2 aliphatic carbocycles. The molecule has 2 aliphatic rings. The molecule has 2 aromatic carbocycles. The van der Waals surface area contributed by atoms with E-state index in [9.17, 15) is 10.1 Å². The molecule has 0 spiro atoms. The van der Waals surface area contributed by atoms with Crippen LogP contribution in [0.1, 0.15) is 42.4 Å². The van der Waals surface area contributed by atoms with Crippen LogP contribution in [0.5, 0.6) is 0 Å². The molecule has 0 fully saturated rings. The maximum atomic E-state index is 11.7. The highest BCUT2D eigenvalue weighted by Crippen LogP contribution is 2.46. The minimum atomic E-state index is -1.10. The highest BCUT2D eigenvalue weighted by Gasteiger charge is 2.44. The lowest BCUT2D eigenvalue weighted by Gasteiger charge is -2.28. The molecule has 24 heavy (non-hydrogen) atoms. The van der Waals surface area contributed by atoms with Crippen molar-refractivity contribution in [1.29, 1.82) is 0 Å². The maximum Gasteiger partial charge on any atom is 0.248 e. The van der Waals surface area contributed by atoms with Crippen LogP contribution in [0.15, 0.2) is 66.8 Å². The van der Waals surface area contributed by atoms with Crippen LogP contribution in [-0.4, -0.2) is 10.5 Å². The monoisotopic (exact) mass is 317 g/mol. The van der Waals surface area contributed by atoms with Crippen molar-refractivity contribution in [3.8, 4) is 11.1 Å². The molecule has 3 heteroatoms. The Labute approximate surface area is 141 Å². The largest absolute Gasteiger partial charge is 0.264 e. The van der Waals surface area contributed by atoms with E-state index in [1.165, 1.54) is 22.3 Å². The molecule has 3 nitrogen and oxygen atoms in total. The van der Waals surface area contributed by atoms with Gasteiger partial charge in [-0.1, -0.05) is 61.5 Å². The number of hydrogen-bond acceptors (Lipinski definition) is 2. The first-order chi connectivity index (χ1) is 11.5. The van der Waals surface area contributed by atoms with Crippen molar-refractivity contribution in [1.82, 2.24) is 0 Å². The Morgan fingerprint density at radius 2 is 1.79 bits per heavy atom. The molecule has 120 valence electrons. The van der Waals surface area contributed by atoms with Crippen LogP contribution in [0, 0.1) is 10.1 Å². The average Bonchev–Trinajstić information content (AvgIpc) is 2.88. The number of fused-ring (bicyclic) bond motifs is 3. The number of rotatable bonds is 2. The second kappa shape index (κ2) is 5.17. The van der Waals surface area contributed by atoms with Crippen molar-refractivity contribution in [3.05, 3.63) is 93.6 Å². The quantitative estimate of drug-likeness (QED) is 0.573. The van der Waals surface area contributed by atoms with Gasteiger partial charge >= 0.3 is 0 Å². The second-order valence-corrected chi connectivity index (χ2v) is 6.86. The number of nitrogens with zero attached hydrogens (tertiary/aromatic N) is 1. The molecule has 0 bridgehead atoms. The van der Waals surface area contributed by atoms with Gasteiger partial charge in [0.05, 0.1) is 5.92 Å². The maximum absolute atomic E-state index is 11.7. The molecule has 3 atom stereocenters. The fourth-order valence-corrected chi connectivity index (χ4v) is 4.01. The van der Waals surface area contributed by atoms with Gasteiger partial charge in [-0.3, -0.25) is 10.1 Å². The zero-order valence-electron chi connectivity index (χ0n) is 13.8. The number of allylic oxidation sites excluding steroid dienone is 2. The van der Waals surface area contributed by atoms with Gasteiger partial charge in [0, 0.05) is 17.8 Å². The van der Waals surface area contributed by atoms with Gasteiger partial charge in [0.2, 0.25) is 5.54 Å². The zero-order chi connectivity index (χ0) is 16.9. The Morgan fingerprint density at radius 1 is 1.04 bits per heavy atom. The highest BCUT2D eigenvalue weighted by molar-refractivity contribution is 5.79. The van der Waals surface area contributed by atoms with Crippen LogP contribution < -0.4 is 0 Å². The number of nitro groups is 1. The van der Waals surface area contributed by atoms with Gasteiger partial charge in [-0.05, 0) is 40.0 Å². The third kappa shape index (κ3) is 1.97. The predicted molar refractivity (Wildman–Crippen MR) is 95.8 cm³/mol. The van der Waals surface area contributed by atoms with Gasteiger partial charge < -0.3 is 0 Å². The van der Waals surface area contributed by atoms with Crippen molar-refractivity contribution < 1.29 is 4.92 Å². The van der Waals surface area contributed by atoms with Crippen LogP contribution in [-0.2, 0) is 0 Å². The summed E-state index contributed by atoms with van der Waals surface area (Å²) in [5, 5.41) is 11.7. The lowest BCUT2D eigenvalue weighted by atomic mass is 9.77. The second-order valence-electron chi connectivity index (χ2n) is 6.86. The summed E-state index contributed by atoms with van der Waals surface area (Å²) in [6, 6.07) is 14.8. The lowest BCUT2D eigenvalue weighted by Crippen LogP contribution is -2.39. The summed E-state index contributed by atoms with van der Waals surface area (Å²) in [7, 11) is 0. The third-order valence-corrected chi connectivity index (χ3v) is 5.49. The Hall–Kier alpha value is -2.68. The van der Waals surface area contributed by atoms with Gasteiger partial charge in [0.1, 0.15) is 0 Å². The third-order valence-electron chi connectivity index (χ3n) is 5.49. The van der Waals surface area contributed by atoms with Crippen molar-refractivity contribution in [3.63, 3.8) is 0 Å². The van der Waals surface area contributed by atoms with Crippen LogP contribution in [0.2, 0.25) is 0 Å². The van der Waals surface area contributed by atoms with E-state index in [0.717, 1.165) is 5.56 Å². The van der Waals surface area contributed by atoms with Crippen LogP contribution in [0.3, 0.4) is 0 Å². The summed E-state index contributed by atoms with van der Waals surface area (Å²) in [4.78, 5) is 11.5. The molecular formula is C21H19NO2. The van der Waals surface area contributed by atoms with Gasteiger partial charge in [0.15, 0.2) is 0 Å². The molecule has 0 heterocycles. The molecule has 0 aromatic heterocycles. The Kier molecular flexibility index (Phi) is 3.20. The molecule has 4 rings (SSSR count). The van der Waals surface area contributed by atoms with Gasteiger partial charge in [-0.2, -0.15) is 0 Å². The highest BCUT2D eigenvalue weighted by atomic mass is 16.6. The topological polar surface area (TPSA) is 43.1 Å². The Morgan fingerprint density at radius 3 is 2.58 bits per heavy atom. The molecule has 0 radical (unpaired) electrons. The molecule has 3 unspecified atom stereocenters. The first-order valence-electron chi connectivity index (χ1n) is 8.26. The van der Waals surface area contributed by atoms with E-state index in [2.05, 4.69) is 49.4 Å². The summed E-state index contributed by atoms with van der Waals surface area (Å²) < 4.78 is 0. The molecule has 0 N–H and O–H groups in total. The number of benzene rings is 2. The van der Waals surface area contributed by atoms with Crippen molar-refractivity contribution in [2.75, 3.05) is 0 Å². The standard InChI is InChI=1S/C21H19NO2/c1-14-16-7-3-4-8-18(16)19-13-15(10-11-17(14)19)20-9-5-6-12-21(20,2)22(23)24/h3-14,20H,1-2H3. The normalized spacial score (nSPS) is 26.9. The van der Waals surface area contributed by atoms with Crippen LogP contribution >= 0.6 is 0 Å². The van der Waals surface area contributed by atoms with Crippen molar-refractivity contribution >= 4 is 0 Å². The smallest absolute Gasteiger partial charge is 0.248 e. The average molecular weight is 317 g/mol. The van der Waals surface area contributed by atoms with Crippen LogP contribution in [0.4, 0.5) is 0 Å². The first-order valence-corrected chi connectivity index (χ1v) is 8.26. The zero-order valence-corrected chi connectivity index (χ0v) is 13.8. The summed E-state index contributed by atoms with van der Waals surface area (Å²) in [6.45, 7) is 3.91. The minimum Gasteiger partial charge on any atom is -0.264 e. The molecule has 0 amide bonds. The summed E-state index contributed by atoms with van der Waals surface area (Å²) in [5.41, 5.74) is 4.99. The predicted octanol–water partition coefficient (Wildman–Crippen LogP) is 5.06. The molecule has 0 saturated carbocycles. The van der Waals surface area contributed by atoms with E-state index < -0.39 is 5.54 Å². The van der Waals surface area contributed by atoms with E-state index in [1.807, 2.05) is 12.2 Å². The van der Waals surface area contributed by atoms with Gasteiger partial charge in [0.25, 0.3) is 0 Å². The van der Waals surface area contributed by atoms with Crippen molar-refractivity contribution in [2.45, 2.75) is 31.2 Å². The van der Waals surface area contributed by atoms with Crippen molar-refractivity contribution in [2.24, 2.45) is 0 Å². The van der Waals surface area contributed by atoms with Crippen LogP contribution in [0.25, 0.3) is 11.1 Å². The molecule has 0 aliphatic heterocycles. The Bertz CT molecular complexity index is 896. The minimum absolute atomic E-state index is 0.179. The van der Waals surface area contributed by atoms with E-state index in [0.29, 0.717) is 5.92 Å². The molecule has 0 saturated heterocycles. The fourth-order valence-electron chi connectivity index (χ4n) is 4.01. The summed E-state index contributed by atoms with van der Waals surface area (Å²) >= 11 is 0. The first kappa shape index (κ1) is 14.9. The lowest BCUT2D eigenvalue weighted by molar-refractivity contribution is -0.553. The van der Waals surface area contributed by atoms with Gasteiger partial charge in [-0.25, -0.2) is 0 Å². The fraction of sp³-hybridized carbons (Fsp3) is 0.238. The van der Waals surface area contributed by atoms with Gasteiger partial charge in [-0.15, -0.1) is 0 Å². The van der Waals surface area contributed by atoms with E-state index in [1.54, 1.807) is 19.1 Å².